The highest BCUT2D eigenvalue weighted by Gasteiger charge is 2.35. The zero-order valence-electron chi connectivity index (χ0n) is 17.7. The molecule has 0 aromatic heterocycles. The van der Waals surface area contributed by atoms with Gasteiger partial charge in [0.2, 0.25) is 15.9 Å². The number of sulfonamides is 1. The molecule has 29 heavy (non-hydrogen) atoms. The topological polar surface area (TPSA) is 57.7 Å². The van der Waals surface area contributed by atoms with E-state index in [0.29, 0.717) is 24.4 Å². The van der Waals surface area contributed by atoms with Gasteiger partial charge < -0.3 is 4.90 Å². The Kier molecular flexibility index (Phi) is 6.44. The van der Waals surface area contributed by atoms with E-state index in [1.807, 2.05) is 63.2 Å². The fourth-order valence-corrected chi connectivity index (χ4v) is 6.25. The molecule has 1 aliphatic rings. The van der Waals surface area contributed by atoms with Gasteiger partial charge in [-0.2, -0.15) is 4.31 Å². The van der Waals surface area contributed by atoms with Crippen molar-refractivity contribution in [3.05, 3.63) is 64.7 Å². The molecule has 3 rings (SSSR count). The Hall–Kier alpha value is -2.18. The van der Waals surface area contributed by atoms with Crippen LogP contribution in [0.3, 0.4) is 0 Å². The van der Waals surface area contributed by atoms with Crippen LogP contribution < -0.4 is 0 Å². The lowest BCUT2D eigenvalue weighted by Crippen LogP contribution is -2.45. The van der Waals surface area contributed by atoms with Crippen molar-refractivity contribution in [2.45, 2.75) is 45.1 Å². The van der Waals surface area contributed by atoms with E-state index >= 15 is 0 Å². The number of aryl methyl sites for hydroxylation is 3. The summed E-state index contributed by atoms with van der Waals surface area (Å²) in [5, 5.41) is 0. The number of benzene rings is 2. The van der Waals surface area contributed by atoms with Gasteiger partial charge in [0, 0.05) is 26.7 Å². The normalized spacial score (nSPS) is 17.9. The van der Waals surface area contributed by atoms with E-state index in [4.69, 9.17) is 0 Å². The van der Waals surface area contributed by atoms with E-state index < -0.39 is 10.0 Å². The number of hydrogen-bond acceptors (Lipinski definition) is 3. The Balaban J connectivity index is 1.77. The Morgan fingerprint density at radius 3 is 2.34 bits per heavy atom. The molecule has 0 aliphatic carbocycles. The number of carbonyl (C=O) groups is 1. The molecule has 1 aliphatic heterocycles. The molecule has 0 bridgehead atoms. The molecular weight excluding hydrogens is 384 g/mol. The second-order valence-corrected chi connectivity index (χ2v) is 9.98. The van der Waals surface area contributed by atoms with Crippen LogP contribution >= 0.6 is 0 Å². The van der Waals surface area contributed by atoms with Crippen molar-refractivity contribution in [1.29, 1.82) is 0 Å². The number of hydrogen-bond donors (Lipinski definition) is 0. The monoisotopic (exact) mass is 414 g/mol. The lowest BCUT2D eigenvalue weighted by atomic mass is 9.98. The molecule has 0 spiro atoms. The largest absolute Gasteiger partial charge is 0.341 e. The SMILES string of the molecule is Cc1cc(C)c(S(=O)(=O)N2CCC[C@@H](C(=O)N(C)Cc3ccccc3)C2)c(C)c1. The highest BCUT2D eigenvalue weighted by molar-refractivity contribution is 7.89. The standard InChI is InChI=1S/C23H30N2O3S/c1-17-13-18(2)22(19(3)14-17)29(27,28)25-12-8-11-21(16-25)23(26)24(4)15-20-9-6-5-7-10-20/h5-7,9-10,13-14,21H,8,11-12,15-16H2,1-4H3/t21-/m1/s1. The molecule has 1 heterocycles. The van der Waals surface area contributed by atoms with E-state index in [-0.39, 0.29) is 18.4 Å². The summed E-state index contributed by atoms with van der Waals surface area (Å²) in [6.07, 6.45) is 1.41. The molecular formula is C23H30N2O3S. The van der Waals surface area contributed by atoms with Gasteiger partial charge in [0.25, 0.3) is 0 Å². The fraction of sp³-hybridized carbons (Fsp3) is 0.435. The summed E-state index contributed by atoms with van der Waals surface area (Å²) in [4.78, 5) is 15.1. The summed E-state index contributed by atoms with van der Waals surface area (Å²) in [5.74, 6) is -0.301. The molecule has 156 valence electrons. The van der Waals surface area contributed by atoms with Crippen LogP contribution in [0.25, 0.3) is 0 Å². The van der Waals surface area contributed by atoms with Gasteiger partial charge in [0.1, 0.15) is 0 Å². The molecule has 1 fully saturated rings. The summed E-state index contributed by atoms with van der Waals surface area (Å²) in [6, 6.07) is 13.6. The van der Waals surface area contributed by atoms with Crippen LogP contribution in [0.2, 0.25) is 0 Å². The molecule has 1 amide bonds. The third-order valence-electron chi connectivity index (χ3n) is 5.57. The molecule has 1 saturated heterocycles. The van der Waals surface area contributed by atoms with Crippen LogP contribution in [0.15, 0.2) is 47.4 Å². The number of carbonyl (C=O) groups excluding carboxylic acids is 1. The average Bonchev–Trinajstić information content (AvgIpc) is 2.67. The van der Waals surface area contributed by atoms with Crippen LogP contribution in [0.4, 0.5) is 0 Å². The van der Waals surface area contributed by atoms with E-state index in [9.17, 15) is 13.2 Å². The second-order valence-electron chi connectivity index (χ2n) is 8.11. The lowest BCUT2D eigenvalue weighted by Gasteiger charge is -2.34. The summed E-state index contributed by atoms with van der Waals surface area (Å²) in [6.45, 7) is 6.88. The van der Waals surface area contributed by atoms with Crippen molar-refractivity contribution in [2.24, 2.45) is 5.92 Å². The van der Waals surface area contributed by atoms with Crippen molar-refractivity contribution >= 4 is 15.9 Å². The smallest absolute Gasteiger partial charge is 0.243 e. The minimum atomic E-state index is -3.63. The quantitative estimate of drug-likeness (QED) is 0.750. The van der Waals surface area contributed by atoms with Crippen LogP contribution in [0.1, 0.15) is 35.1 Å². The molecule has 0 radical (unpaired) electrons. The predicted molar refractivity (Wildman–Crippen MR) is 115 cm³/mol. The third kappa shape index (κ3) is 4.70. The zero-order chi connectivity index (χ0) is 21.2. The minimum Gasteiger partial charge on any atom is -0.341 e. The number of rotatable bonds is 5. The first-order chi connectivity index (χ1) is 13.7. The number of nitrogens with zero attached hydrogens (tertiary/aromatic N) is 2. The second kappa shape index (κ2) is 8.67. The Morgan fingerprint density at radius 2 is 1.72 bits per heavy atom. The van der Waals surface area contributed by atoms with Gasteiger partial charge in [-0.05, 0) is 50.3 Å². The molecule has 1 atom stereocenters. The molecule has 0 saturated carbocycles. The summed E-state index contributed by atoms with van der Waals surface area (Å²) in [5.41, 5.74) is 3.64. The Morgan fingerprint density at radius 1 is 1.10 bits per heavy atom. The first-order valence-corrected chi connectivity index (χ1v) is 11.5. The molecule has 2 aromatic carbocycles. The zero-order valence-corrected chi connectivity index (χ0v) is 18.5. The van der Waals surface area contributed by atoms with Crippen molar-refractivity contribution in [1.82, 2.24) is 9.21 Å². The van der Waals surface area contributed by atoms with Gasteiger partial charge in [-0.1, -0.05) is 48.0 Å². The Bertz CT molecular complexity index is 963. The van der Waals surface area contributed by atoms with E-state index in [0.717, 1.165) is 28.7 Å². The maximum Gasteiger partial charge on any atom is 0.243 e. The van der Waals surface area contributed by atoms with Crippen molar-refractivity contribution in [3.63, 3.8) is 0 Å². The summed E-state index contributed by atoms with van der Waals surface area (Å²) < 4.78 is 28.2. The molecule has 2 aromatic rings. The van der Waals surface area contributed by atoms with Gasteiger partial charge in [0.05, 0.1) is 10.8 Å². The molecule has 0 N–H and O–H groups in total. The van der Waals surface area contributed by atoms with E-state index in [1.54, 1.807) is 11.9 Å². The fourth-order valence-electron chi connectivity index (χ4n) is 4.31. The van der Waals surface area contributed by atoms with Gasteiger partial charge in [-0.3, -0.25) is 4.79 Å². The molecule has 6 heteroatoms. The van der Waals surface area contributed by atoms with Gasteiger partial charge in [-0.25, -0.2) is 8.42 Å². The van der Waals surface area contributed by atoms with E-state index in [2.05, 4.69) is 0 Å². The number of amides is 1. The third-order valence-corrected chi connectivity index (χ3v) is 7.75. The highest BCUT2D eigenvalue weighted by atomic mass is 32.2. The molecule has 5 nitrogen and oxygen atoms in total. The Labute approximate surface area is 174 Å². The van der Waals surface area contributed by atoms with Crippen LogP contribution in [0.5, 0.6) is 0 Å². The average molecular weight is 415 g/mol. The van der Waals surface area contributed by atoms with Crippen molar-refractivity contribution < 1.29 is 13.2 Å². The maximum absolute atomic E-state index is 13.4. The lowest BCUT2D eigenvalue weighted by molar-refractivity contribution is -0.135. The van der Waals surface area contributed by atoms with Crippen molar-refractivity contribution in [3.8, 4) is 0 Å². The van der Waals surface area contributed by atoms with Gasteiger partial charge in [0.15, 0.2) is 0 Å². The van der Waals surface area contributed by atoms with E-state index in [1.165, 1.54) is 4.31 Å². The maximum atomic E-state index is 13.4. The van der Waals surface area contributed by atoms with Crippen LogP contribution in [0, 0.1) is 26.7 Å². The van der Waals surface area contributed by atoms with Crippen LogP contribution in [-0.2, 0) is 21.4 Å². The summed E-state index contributed by atoms with van der Waals surface area (Å²) in [7, 11) is -1.84. The predicted octanol–water partition coefficient (Wildman–Crippen LogP) is 3.67. The first-order valence-electron chi connectivity index (χ1n) is 10.1. The minimum absolute atomic E-state index is 0.00565. The van der Waals surface area contributed by atoms with Crippen LogP contribution in [-0.4, -0.2) is 43.7 Å². The van der Waals surface area contributed by atoms with Crippen molar-refractivity contribution in [2.75, 3.05) is 20.1 Å². The van der Waals surface area contributed by atoms with Gasteiger partial charge >= 0.3 is 0 Å². The number of piperidine rings is 1. The molecule has 0 unspecified atom stereocenters. The summed E-state index contributed by atoms with van der Waals surface area (Å²) >= 11 is 0. The highest BCUT2D eigenvalue weighted by Crippen LogP contribution is 2.29. The van der Waals surface area contributed by atoms with Gasteiger partial charge in [-0.15, -0.1) is 0 Å². The first kappa shape index (κ1) is 21.5.